The molecule has 2 aliphatic rings. The molecule has 1 aliphatic heterocycles. The van der Waals surface area contributed by atoms with Gasteiger partial charge in [0.25, 0.3) is 5.91 Å². The molecule has 1 aliphatic carbocycles. The molecule has 0 bridgehead atoms. The number of rotatable bonds is 7. The average molecular weight is 526 g/mol. The summed E-state index contributed by atoms with van der Waals surface area (Å²) in [5.74, 6) is 1.57. The number of amides is 1. The predicted octanol–water partition coefficient (Wildman–Crippen LogP) is 4.31. The Morgan fingerprint density at radius 2 is 1.92 bits per heavy atom. The lowest BCUT2D eigenvalue weighted by molar-refractivity contribution is 0.0784. The number of nitrogens with one attached hydrogen (secondary N) is 1. The van der Waals surface area contributed by atoms with Crippen LogP contribution < -0.4 is 5.32 Å². The number of pyridine rings is 2. The number of phenolic OH excluding ortho intramolecular Hbond substituents is 1. The molecule has 1 saturated carbocycles. The lowest BCUT2D eigenvalue weighted by Crippen LogP contribution is -2.27. The zero-order chi connectivity index (χ0) is 27.3. The number of aromatic hydroxyl groups is 1. The number of anilines is 1. The Balaban J connectivity index is 1.31. The van der Waals surface area contributed by atoms with Crippen LogP contribution in [0.15, 0.2) is 42.6 Å². The van der Waals surface area contributed by atoms with Gasteiger partial charge in [-0.2, -0.15) is 0 Å². The van der Waals surface area contributed by atoms with Gasteiger partial charge >= 0.3 is 0 Å². The number of likely N-dealkylation sites (tertiary alicyclic amines) is 1. The maximum Gasteiger partial charge on any atom is 0.254 e. The van der Waals surface area contributed by atoms with Crippen LogP contribution in [0.3, 0.4) is 0 Å². The molecular weight excluding hydrogens is 490 g/mol. The van der Waals surface area contributed by atoms with Gasteiger partial charge in [0.2, 0.25) is 0 Å². The Morgan fingerprint density at radius 1 is 1.10 bits per heavy atom. The molecule has 4 aromatic rings. The number of hydrogen-bond donors (Lipinski definition) is 2. The first kappa shape index (κ1) is 25.3. The fraction of sp³-hybridized carbons (Fsp3) is 0.400. The van der Waals surface area contributed by atoms with Crippen LogP contribution in [0.2, 0.25) is 0 Å². The van der Waals surface area contributed by atoms with Gasteiger partial charge in [-0.3, -0.25) is 4.79 Å². The molecule has 1 aromatic carbocycles. The highest BCUT2D eigenvalue weighted by atomic mass is 16.3. The number of benzene rings is 1. The Hall–Kier alpha value is -3.98. The summed E-state index contributed by atoms with van der Waals surface area (Å²) in [6.45, 7) is 4.53. The molecule has 2 fully saturated rings. The summed E-state index contributed by atoms with van der Waals surface area (Å²) >= 11 is 0. The maximum atomic E-state index is 13.8. The summed E-state index contributed by atoms with van der Waals surface area (Å²) in [6.07, 6.45) is 5.33. The number of phenols is 1. The fourth-order valence-corrected chi connectivity index (χ4v) is 5.50. The van der Waals surface area contributed by atoms with E-state index in [-0.39, 0.29) is 11.7 Å². The molecule has 6 rings (SSSR count). The number of aryl methyl sites for hydroxylation is 1. The molecule has 202 valence electrons. The van der Waals surface area contributed by atoms with E-state index in [2.05, 4.69) is 26.8 Å². The van der Waals surface area contributed by atoms with E-state index >= 15 is 0 Å². The first-order valence-corrected chi connectivity index (χ1v) is 13.6. The van der Waals surface area contributed by atoms with Gasteiger partial charge in [0.15, 0.2) is 0 Å². The van der Waals surface area contributed by atoms with Gasteiger partial charge in [0.1, 0.15) is 11.6 Å². The largest absolute Gasteiger partial charge is 0.508 e. The monoisotopic (exact) mass is 525 g/mol. The summed E-state index contributed by atoms with van der Waals surface area (Å²) in [6, 6.07) is 11.1. The number of carbonyl (C=O) groups is 1. The van der Waals surface area contributed by atoms with Crippen LogP contribution in [0.5, 0.6) is 5.75 Å². The SMILES string of the molecule is Cc1nc(-c2cc(C(=O)N(C)Cc3cnc(C4CC4)n3C)c3cc(O)ccc3n2)ccc1NC1CCN(C)C1. The average Bonchev–Trinajstić information content (AvgIpc) is 3.58. The van der Waals surface area contributed by atoms with E-state index < -0.39 is 0 Å². The van der Waals surface area contributed by atoms with Crippen molar-refractivity contribution in [1.82, 2.24) is 29.3 Å². The number of carbonyl (C=O) groups excluding carboxylic acids is 1. The minimum absolute atomic E-state index is 0.0939. The topological polar surface area (TPSA) is 99.4 Å². The number of imidazole rings is 1. The third kappa shape index (κ3) is 5.06. The second-order valence-electron chi connectivity index (χ2n) is 11.1. The summed E-state index contributed by atoms with van der Waals surface area (Å²) in [5.41, 5.74) is 5.33. The molecule has 1 saturated heterocycles. The lowest BCUT2D eigenvalue weighted by Gasteiger charge is -2.20. The first-order valence-electron chi connectivity index (χ1n) is 13.6. The van der Waals surface area contributed by atoms with Crippen molar-refractivity contribution in [2.75, 3.05) is 32.5 Å². The third-order valence-corrected chi connectivity index (χ3v) is 7.93. The van der Waals surface area contributed by atoms with Gasteiger partial charge in [-0.15, -0.1) is 0 Å². The predicted molar refractivity (Wildman–Crippen MR) is 152 cm³/mol. The molecule has 1 atom stereocenters. The van der Waals surface area contributed by atoms with E-state index in [1.165, 1.54) is 12.8 Å². The number of hydrogen-bond acceptors (Lipinski definition) is 7. The van der Waals surface area contributed by atoms with Crippen molar-refractivity contribution >= 4 is 22.5 Å². The van der Waals surface area contributed by atoms with Crippen LogP contribution in [0.1, 0.15) is 52.8 Å². The Bertz CT molecular complexity index is 1560. The summed E-state index contributed by atoms with van der Waals surface area (Å²) in [5, 5.41) is 14.4. The summed E-state index contributed by atoms with van der Waals surface area (Å²) in [7, 11) is 5.95. The number of fused-ring (bicyclic) bond motifs is 1. The maximum absolute atomic E-state index is 13.8. The highest BCUT2D eigenvalue weighted by molar-refractivity contribution is 6.07. The molecule has 0 radical (unpaired) electrons. The summed E-state index contributed by atoms with van der Waals surface area (Å²) in [4.78, 5) is 32.1. The van der Waals surface area contributed by atoms with Crippen LogP contribution in [0.4, 0.5) is 5.69 Å². The molecule has 1 amide bonds. The molecule has 4 heterocycles. The van der Waals surface area contributed by atoms with E-state index in [0.29, 0.717) is 46.4 Å². The molecule has 0 spiro atoms. The van der Waals surface area contributed by atoms with Gasteiger partial charge < -0.3 is 24.8 Å². The zero-order valence-corrected chi connectivity index (χ0v) is 23.0. The van der Waals surface area contributed by atoms with Gasteiger partial charge in [-0.25, -0.2) is 15.0 Å². The molecule has 1 unspecified atom stereocenters. The van der Waals surface area contributed by atoms with Crippen molar-refractivity contribution in [1.29, 1.82) is 0 Å². The van der Waals surface area contributed by atoms with Gasteiger partial charge in [-0.1, -0.05) is 0 Å². The van der Waals surface area contributed by atoms with Crippen LogP contribution in [-0.4, -0.2) is 73.6 Å². The van der Waals surface area contributed by atoms with E-state index in [4.69, 9.17) is 9.97 Å². The van der Waals surface area contributed by atoms with Crippen molar-refractivity contribution in [3.8, 4) is 17.1 Å². The fourth-order valence-electron chi connectivity index (χ4n) is 5.50. The Morgan fingerprint density at radius 3 is 2.64 bits per heavy atom. The van der Waals surface area contributed by atoms with Crippen molar-refractivity contribution in [2.45, 2.75) is 44.7 Å². The van der Waals surface area contributed by atoms with E-state index in [0.717, 1.165) is 42.4 Å². The van der Waals surface area contributed by atoms with Crippen molar-refractivity contribution in [3.63, 3.8) is 0 Å². The minimum atomic E-state index is -0.149. The lowest BCUT2D eigenvalue weighted by atomic mass is 10.0. The van der Waals surface area contributed by atoms with Crippen LogP contribution in [0.25, 0.3) is 22.3 Å². The van der Waals surface area contributed by atoms with E-state index in [1.54, 1.807) is 36.2 Å². The molecule has 9 heteroatoms. The van der Waals surface area contributed by atoms with Crippen LogP contribution in [0, 0.1) is 6.92 Å². The highest BCUT2D eigenvalue weighted by Gasteiger charge is 2.29. The smallest absolute Gasteiger partial charge is 0.254 e. The third-order valence-electron chi connectivity index (χ3n) is 7.93. The number of nitrogens with zero attached hydrogens (tertiary/aromatic N) is 6. The summed E-state index contributed by atoms with van der Waals surface area (Å²) < 4.78 is 2.11. The van der Waals surface area contributed by atoms with Crippen LogP contribution >= 0.6 is 0 Å². The molecule has 3 aromatic heterocycles. The molecule has 39 heavy (non-hydrogen) atoms. The quantitative estimate of drug-likeness (QED) is 0.371. The minimum Gasteiger partial charge on any atom is -0.508 e. The van der Waals surface area contributed by atoms with Crippen molar-refractivity contribution < 1.29 is 9.90 Å². The first-order chi connectivity index (χ1) is 18.8. The van der Waals surface area contributed by atoms with Crippen molar-refractivity contribution in [3.05, 3.63) is 65.4 Å². The van der Waals surface area contributed by atoms with E-state index in [1.807, 2.05) is 32.3 Å². The van der Waals surface area contributed by atoms with Gasteiger partial charge in [0.05, 0.1) is 52.3 Å². The standard InChI is InChI=1S/C30H35N7O2/c1-18-25(33-20-11-12-35(2)16-20)9-10-27(32-18)28-14-24(23-13-22(38)7-8-26(23)34-28)30(39)36(3)17-21-15-31-29(37(21)4)19-5-6-19/h7-10,13-15,19-20,33,38H,5-6,11-12,16-17H2,1-4H3. The normalized spacial score (nSPS) is 17.6. The Labute approximate surface area is 228 Å². The zero-order valence-electron chi connectivity index (χ0n) is 23.0. The van der Waals surface area contributed by atoms with Crippen LogP contribution in [-0.2, 0) is 13.6 Å². The second kappa shape index (κ2) is 9.96. The highest BCUT2D eigenvalue weighted by Crippen LogP contribution is 2.39. The van der Waals surface area contributed by atoms with Crippen molar-refractivity contribution in [2.24, 2.45) is 7.05 Å². The second-order valence-corrected chi connectivity index (χ2v) is 11.1. The molecular formula is C30H35N7O2. The number of aromatic nitrogens is 4. The van der Waals surface area contributed by atoms with Gasteiger partial charge in [-0.05, 0) is 76.2 Å². The molecule has 2 N–H and O–H groups in total. The van der Waals surface area contributed by atoms with E-state index in [9.17, 15) is 9.90 Å². The molecule has 9 nitrogen and oxygen atoms in total. The number of likely N-dealkylation sites (N-methyl/N-ethyl adjacent to an activating group) is 1. The van der Waals surface area contributed by atoms with Gasteiger partial charge in [0, 0.05) is 38.0 Å². The Kier molecular flexibility index (Phi) is 6.46.